The van der Waals surface area contributed by atoms with Crippen LogP contribution in [0.4, 0.5) is 10.1 Å². The maximum atomic E-state index is 13.4. The summed E-state index contributed by atoms with van der Waals surface area (Å²) in [5.74, 6) is -0.382. The summed E-state index contributed by atoms with van der Waals surface area (Å²) < 4.78 is 18.9. The normalized spacial score (nSPS) is 16.4. The van der Waals surface area contributed by atoms with Gasteiger partial charge in [0.1, 0.15) is 5.82 Å². The standard InChI is InChI=1S/C14H17FN2O2/c15-12-7-11(10-16)8-13(9-12)17-3-1-14(2-4-17)19-6-5-18/h7-9,14,18H,1-6H2. The average Bonchev–Trinajstić information content (AvgIpc) is 2.45. The Morgan fingerprint density at radius 2 is 2.11 bits per heavy atom. The molecule has 0 atom stereocenters. The molecule has 1 N–H and O–H groups in total. The smallest absolute Gasteiger partial charge is 0.126 e. The second kappa shape index (κ2) is 6.50. The number of anilines is 1. The lowest BCUT2D eigenvalue weighted by molar-refractivity contribution is 0.0159. The summed E-state index contributed by atoms with van der Waals surface area (Å²) in [6.07, 6.45) is 1.85. The van der Waals surface area contributed by atoms with Gasteiger partial charge in [0.2, 0.25) is 0 Å². The van der Waals surface area contributed by atoms with Gasteiger partial charge in [-0.3, -0.25) is 0 Å². The van der Waals surface area contributed by atoms with Gasteiger partial charge < -0.3 is 14.7 Å². The van der Waals surface area contributed by atoms with E-state index in [2.05, 4.69) is 4.90 Å². The molecule has 0 aliphatic carbocycles. The molecule has 5 heteroatoms. The van der Waals surface area contributed by atoms with Crippen molar-refractivity contribution in [2.75, 3.05) is 31.2 Å². The lowest BCUT2D eigenvalue weighted by atomic mass is 10.1. The van der Waals surface area contributed by atoms with Crippen LogP contribution in [-0.4, -0.2) is 37.5 Å². The average molecular weight is 264 g/mol. The van der Waals surface area contributed by atoms with E-state index < -0.39 is 0 Å². The molecular formula is C14H17FN2O2. The van der Waals surface area contributed by atoms with Gasteiger partial charge in [-0.15, -0.1) is 0 Å². The molecule has 1 fully saturated rings. The van der Waals surface area contributed by atoms with Crippen LogP contribution in [0.5, 0.6) is 0 Å². The molecule has 102 valence electrons. The quantitative estimate of drug-likeness (QED) is 0.899. The van der Waals surface area contributed by atoms with Crippen LogP contribution < -0.4 is 4.90 Å². The summed E-state index contributed by atoms with van der Waals surface area (Å²) in [5.41, 5.74) is 1.09. The summed E-state index contributed by atoms with van der Waals surface area (Å²) in [5, 5.41) is 17.6. The zero-order valence-corrected chi connectivity index (χ0v) is 10.7. The topological polar surface area (TPSA) is 56.5 Å². The van der Waals surface area contributed by atoms with Crippen molar-refractivity contribution in [1.82, 2.24) is 0 Å². The number of benzene rings is 1. The van der Waals surface area contributed by atoms with Crippen molar-refractivity contribution >= 4 is 5.69 Å². The number of nitriles is 1. The minimum Gasteiger partial charge on any atom is -0.394 e. The molecule has 1 aliphatic heterocycles. The molecule has 1 heterocycles. The Morgan fingerprint density at radius 3 is 2.74 bits per heavy atom. The molecule has 0 aromatic heterocycles. The van der Waals surface area contributed by atoms with Gasteiger partial charge in [-0.05, 0) is 31.0 Å². The Morgan fingerprint density at radius 1 is 1.37 bits per heavy atom. The van der Waals surface area contributed by atoms with E-state index in [1.807, 2.05) is 6.07 Å². The first-order valence-electron chi connectivity index (χ1n) is 6.41. The van der Waals surface area contributed by atoms with Gasteiger partial charge in [0.05, 0.1) is 31.0 Å². The number of nitrogens with zero attached hydrogens (tertiary/aromatic N) is 2. The molecule has 0 unspecified atom stereocenters. The zero-order chi connectivity index (χ0) is 13.7. The summed E-state index contributed by atoms with van der Waals surface area (Å²) >= 11 is 0. The fourth-order valence-corrected chi connectivity index (χ4v) is 2.32. The van der Waals surface area contributed by atoms with E-state index in [-0.39, 0.29) is 18.5 Å². The number of piperidine rings is 1. The number of hydrogen-bond donors (Lipinski definition) is 1. The Labute approximate surface area is 112 Å². The molecule has 1 saturated heterocycles. The van der Waals surface area contributed by atoms with Crippen LogP contribution in [0.25, 0.3) is 0 Å². The fourth-order valence-electron chi connectivity index (χ4n) is 2.32. The summed E-state index contributed by atoms with van der Waals surface area (Å²) in [7, 11) is 0. The molecule has 0 amide bonds. The van der Waals surface area contributed by atoms with Gasteiger partial charge >= 0.3 is 0 Å². The van der Waals surface area contributed by atoms with Crippen LogP contribution in [0.2, 0.25) is 0 Å². The van der Waals surface area contributed by atoms with E-state index in [9.17, 15) is 4.39 Å². The molecule has 0 bridgehead atoms. The van der Waals surface area contributed by atoms with Crippen LogP contribution in [0.3, 0.4) is 0 Å². The van der Waals surface area contributed by atoms with Crippen LogP contribution in [-0.2, 0) is 4.74 Å². The van der Waals surface area contributed by atoms with Gasteiger partial charge in [0.25, 0.3) is 0 Å². The van der Waals surface area contributed by atoms with E-state index >= 15 is 0 Å². The van der Waals surface area contributed by atoms with Crippen molar-refractivity contribution in [2.45, 2.75) is 18.9 Å². The summed E-state index contributed by atoms with van der Waals surface area (Å²) in [6, 6.07) is 6.36. The highest BCUT2D eigenvalue weighted by molar-refractivity contribution is 5.52. The molecule has 0 spiro atoms. The van der Waals surface area contributed by atoms with Crippen molar-refractivity contribution in [3.8, 4) is 6.07 Å². The van der Waals surface area contributed by atoms with Crippen molar-refractivity contribution in [3.05, 3.63) is 29.6 Å². The predicted molar refractivity (Wildman–Crippen MR) is 69.4 cm³/mol. The largest absolute Gasteiger partial charge is 0.394 e. The fraction of sp³-hybridized carbons (Fsp3) is 0.500. The third-order valence-corrected chi connectivity index (χ3v) is 3.26. The lowest BCUT2D eigenvalue weighted by Gasteiger charge is -2.33. The number of hydrogen-bond acceptors (Lipinski definition) is 4. The van der Waals surface area contributed by atoms with E-state index in [4.69, 9.17) is 15.1 Å². The van der Waals surface area contributed by atoms with Crippen LogP contribution in [0.15, 0.2) is 18.2 Å². The SMILES string of the molecule is N#Cc1cc(F)cc(N2CCC(OCCO)CC2)c1. The highest BCUT2D eigenvalue weighted by Crippen LogP contribution is 2.23. The van der Waals surface area contributed by atoms with Gasteiger partial charge in [-0.25, -0.2) is 4.39 Å². The molecule has 2 rings (SSSR count). The molecule has 1 aromatic carbocycles. The van der Waals surface area contributed by atoms with Crippen LogP contribution >= 0.6 is 0 Å². The molecular weight excluding hydrogens is 247 g/mol. The lowest BCUT2D eigenvalue weighted by Crippen LogP contribution is -2.37. The third-order valence-electron chi connectivity index (χ3n) is 3.26. The van der Waals surface area contributed by atoms with Crippen LogP contribution in [0, 0.1) is 17.1 Å². The Kier molecular flexibility index (Phi) is 4.72. The second-order valence-electron chi connectivity index (χ2n) is 4.59. The number of aliphatic hydroxyl groups is 1. The zero-order valence-electron chi connectivity index (χ0n) is 10.7. The third kappa shape index (κ3) is 3.66. The van der Waals surface area contributed by atoms with Crippen LogP contribution in [0.1, 0.15) is 18.4 Å². The van der Waals surface area contributed by atoms with Gasteiger partial charge in [-0.1, -0.05) is 0 Å². The van der Waals surface area contributed by atoms with Crippen molar-refractivity contribution in [1.29, 1.82) is 5.26 Å². The summed E-state index contributed by atoms with van der Waals surface area (Å²) in [6.45, 7) is 1.94. The van der Waals surface area contributed by atoms with E-state index in [0.717, 1.165) is 31.6 Å². The Bertz CT molecular complexity index is 465. The molecule has 19 heavy (non-hydrogen) atoms. The first kappa shape index (κ1) is 13.8. The number of aliphatic hydroxyl groups excluding tert-OH is 1. The van der Waals surface area contributed by atoms with E-state index in [1.165, 1.54) is 12.1 Å². The van der Waals surface area contributed by atoms with Gasteiger partial charge in [0, 0.05) is 18.8 Å². The molecule has 1 aliphatic rings. The molecule has 4 nitrogen and oxygen atoms in total. The number of ether oxygens (including phenoxy) is 1. The molecule has 0 radical (unpaired) electrons. The first-order valence-corrected chi connectivity index (χ1v) is 6.41. The minimum atomic E-state index is -0.382. The maximum Gasteiger partial charge on any atom is 0.126 e. The Balaban J connectivity index is 1.98. The van der Waals surface area contributed by atoms with Gasteiger partial charge in [0.15, 0.2) is 0 Å². The Hall–Kier alpha value is -1.64. The summed E-state index contributed by atoms with van der Waals surface area (Å²) in [4.78, 5) is 2.06. The first-order chi connectivity index (χ1) is 9.22. The highest BCUT2D eigenvalue weighted by atomic mass is 19.1. The number of halogens is 1. The maximum absolute atomic E-state index is 13.4. The van der Waals surface area contributed by atoms with Crippen molar-refractivity contribution in [3.63, 3.8) is 0 Å². The number of rotatable bonds is 4. The predicted octanol–water partition coefficient (Wildman–Crippen LogP) is 1.68. The highest BCUT2D eigenvalue weighted by Gasteiger charge is 2.20. The monoisotopic (exact) mass is 264 g/mol. The second-order valence-corrected chi connectivity index (χ2v) is 4.59. The van der Waals surface area contributed by atoms with E-state index in [1.54, 1.807) is 6.07 Å². The van der Waals surface area contributed by atoms with Crippen molar-refractivity contribution < 1.29 is 14.2 Å². The van der Waals surface area contributed by atoms with Crippen molar-refractivity contribution in [2.24, 2.45) is 0 Å². The van der Waals surface area contributed by atoms with Gasteiger partial charge in [-0.2, -0.15) is 5.26 Å². The molecule has 0 saturated carbocycles. The molecule has 1 aromatic rings. The van der Waals surface area contributed by atoms with E-state index in [0.29, 0.717) is 12.2 Å². The minimum absolute atomic E-state index is 0.0373.